The fourth-order valence-corrected chi connectivity index (χ4v) is 2.59. The van der Waals surface area contributed by atoms with Crippen molar-refractivity contribution in [3.8, 4) is 0 Å². The van der Waals surface area contributed by atoms with E-state index in [1.54, 1.807) is 0 Å². The predicted molar refractivity (Wildman–Crippen MR) is 74.2 cm³/mol. The third kappa shape index (κ3) is 3.85. The van der Waals surface area contributed by atoms with Crippen molar-refractivity contribution in [3.63, 3.8) is 0 Å². The van der Waals surface area contributed by atoms with E-state index in [2.05, 4.69) is 6.08 Å². The number of rotatable bonds is 2. The van der Waals surface area contributed by atoms with Crippen molar-refractivity contribution >= 4 is 0 Å². The van der Waals surface area contributed by atoms with Crippen LogP contribution < -0.4 is 5.73 Å². The van der Waals surface area contributed by atoms with Gasteiger partial charge in [-0.1, -0.05) is 36.6 Å². The molecule has 0 radical (unpaired) electrons. The first-order valence-corrected chi connectivity index (χ1v) is 7.10. The van der Waals surface area contributed by atoms with Gasteiger partial charge in [0.15, 0.2) is 0 Å². The molecule has 1 nitrogen and oxygen atoms in total. The highest BCUT2D eigenvalue weighted by Gasteiger charge is 2.30. The minimum Gasteiger partial charge on any atom is -0.321 e. The SMILES string of the molecule is NC(/C1=C/CCCCCC1)c1ccc(C(F)(F)F)cc1. The number of hydrogen-bond donors (Lipinski definition) is 1. The Morgan fingerprint density at radius 3 is 2.25 bits per heavy atom. The molecule has 0 spiro atoms. The van der Waals surface area contributed by atoms with E-state index < -0.39 is 11.7 Å². The molecule has 20 heavy (non-hydrogen) atoms. The van der Waals surface area contributed by atoms with Gasteiger partial charge >= 0.3 is 6.18 Å². The van der Waals surface area contributed by atoms with E-state index in [1.807, 2.05) is 0 Å². The lowest BCUT2D eigenvalue weighted by Crippen LogP contribution is -2.14. The Hall–Kier alpha value is -1.29. The summed E-state index contributed by atoms with van der Waals surface area (Å²) in [6.45, 7) is 0. The fraction of sp³-hybridized carbons (Fsp3) is 0.500. The molecule has 0 fully saturated rings. The zero-order valence-corrected chi connectivity index (χ0v) is 11.4. The largest absolute Gasteiger partial charge is 0.416 e. The standard InChI is InChI=1S/C16H20F3N/c17-16(18,19)14-10-8-13(9-11-14)15(20)12-6-4-2-1-3-5-7-12/h6,8-11,15H,1-5,7,20H2/b12-6+. The first-order valence-electron chi connectivity index (χ1n) is 7.10. The molecule has 0 saturated carbocycles. The van der Waals surface area contributed by atoms with E-state index in [1.165, 1.54) is 31.4 Å². The summed E-state index contributed by atoms with van der Waals surface area (Å²) in [7, 11) is 0. The first kappa shape index (κ1) is 15.1. The van der Waals surface area contributed by atoms with Crippen LogP contribution in [0.25, 0.3) is 0 Å². The highest BCUT2D eigenvalue weighted by atomic mass is 19.4. The van der Waals surface area contributed by atoms with E-state index in [-0.39, 0.29) is 6.04 Å². The van der Waals surface area contributed by atoms with Gasteiger partial charge in [0.1, 0.15) is 0 Å². The number of hydrogen-bond acceptors (Lipinski definition) is 1. The maximum absolute atomic E-state index is 12.5. The molecule has 1 aromatic carbocycles. The molecular formula is C16H20F3N. The predicted octanol–water partition coefficient (Wildman–Crippen LogP) is 4.99. The van der Waals surface area contributed by atoms with Gasteiger partial charge in [-0.25, -0.2) is 0 Å². The van der Waals surface area contributed by atoms with Crippen molar-refractivity contribution < 1.29 is 13.2 Å². The molecule has 0 saturated heterocycles. The zero-order chi connectivity index (χ0) is 14.6. The van der Waals surface area contributed by atoms with Crippen LogP contribution >= 0.6 is 0 Å². The van der Waals surface area contributed by atoms with Crippen molar-refractivity contribution in [2.75, 3.05) is 0 Å². The molecule has 0 heterocycles. The Kier molecular flexibility index (Phi) is 4.86. The van der Waals surface area contributed by atoms with Crippen LogP contribution in [0, 0.1) is 0 Å². The van der Waals surface area contributed by atoms with Gasteiger partial charge in [0.25, 0.3) is 0 Å². The lowest BCUT2D eigenvalue weighted by atomic mass is 9.91. The summed E-state index contributed by atoms with van der Waals surface area (Å²) >= 11 is 0. The summed E-state index contributed by atoms with van der Waals surface area (Å²) in [4.78, 5) is 0. The smallest absolute Gasteiger partial charge is 0.321 e. The molecule has 1 atom stereocenters. The molecule has 4 heteroatoms. The Morgan fingerprint density at radius 2 is 1.60 bits per heavy atom. The normalized spacial score (nSPS) is 21.5. The van der Waals surface area contributed by atoms with Crippen LogP contribution in [0.2, 0.25) is 0 Å². The Labute approximate surface area is 117 Å². The molecule has 1 aromatic rings. The molecule has 2 N–H and O–H groups in total. The van der Waals surface area contributed by atoms with E-state index >= 15 is 0 Å². The maximum atomic E-state index is 12.5. The van der Waals surface area contributed by atoms with E-state index in [0.29, 0.717) is 0 Å². The van der Waals surface area contributed by atoms with Crippen LogP contribution in [0.3, 0.4) is 0 Å². The van der Waals surface area contributed by atoms with Gasteiger partial charge in [-0.05, 0) is 43.4 Å². The van der Waals surface area contributed by atoms with Crippen molar-refractivity contribution in [2.24, 2.45) is 5.73 Å². The molecular weight excluding hydrogens is 263 g/mol. The summed E-state index contributed by atoms with van der Waals surface area (Å²) in [5.41, 5.74) is 7.49. The topological polar surface area (TPSA) is 26.0 Å². The highest BCUT2D eigenvalue weighted by molar-refractivity contribution is 5.31. The van der Waals surface area contributed by atoms with Crippen molar-refractivity contribution in [3.05, 3.63) is 47.0 Å². The van der Waals surface area contributed by atoms with Crippen LogP contribution in [0.5, 0.6) is 0 Å². The Morgan fingerprint density at radius 1 is 0.950 bits per heavy atom. The molecule has 1 unspecified atom stereocenters. The van der Waals surface area contributed by atoms with Gasteiger partial charge in [0.05, 0.1) is 11.6 Å². The van der Waals surface area contributed by atoms with Crippen molar-refractivity contribution in [1.29, 1.82) is 0 Å². The summed E-state index contributed by atoms with van der Waals surface area (Å²) < 4.78 is 37.6. The minimum atomic E-state index is -4.29. The van der Waals surface area contributed by atoms with E-state index in [0.717, 1.165) is 42.5 Å². The van der Waals surface area contributed by atoms with E-state index in [4.69, 9.17) is 5.73 Å². The second-order valence-corrected chi connectivity index (χ2v) is 5.33. The average Bonchev–Trinajstić information content (AvgIpc) is 2.37. The summed E-state index contributed by atoms with van der Waals surface area (Å²) in [5.74, 6) is 0. The first-order chi connectivity index (χ1) is 9.48. The molecule has 2 rings (SSSR count). The van der Waals surface area contributed by atoms with Gasteiger partial charge in [-0.15, -0.1) is 0 Å². The molecule has 0 bridgehead atoms. The van der Waals surface area contributed by atoms with Crippen LogP contribution in [0.4, 0.5) is 13.2 Å². The van der Waals surface area contributed by atoms with Gasteiger partial charge in [-0.3, -0.25) is 0 Å². The summed E-state index contributed by atoms with van der Waals surface area (Å²) in [5, 5.41) is 0. The van der Waals surface area contributed by atoms with Crippen molar-refractivity contribution in [1.82, 2.24) is 0 Å². The number of benzene rings is 1. The van der Waals surface area contributed by atoms with E-state index in [9.17, 15) is 13.2 Å². The fourth-order valence-electron chi connectivity index (χ4n) is 2.59. The molecule has 0 amide bonds. The number of alkyl halides is 3. The van der Waals surface area contributed by atoms with Crippen molar-refractivity contribution in [2.45, 2.75) is 50.7 Å². The number of allylic oxidation sites excluding steroid dienone is 1. The molecule has 0 aromatic heterocycles. The number of halogens is 3. The summed E-state index contributed by atoms with van der Waals surface area (Å²) in [6.07, 6.45) is 4.58. The highest BCUT2D eigenvalue weighted by Crippen LogP contribution is 2.31. The second kappa shape index (κ2) is 6.44. The second-order valence-electron chi connectivity index (χ2n) is 5.33. The zero-order valence-electron chi connectivity index (χ0n) is 11.4. The summed E-state index contributed by atoms with van der Waals surface area (Å²) in [6, 6.07) is 4.92. The maximum Gasteiger partial charge on any atom is 0.416 e. The van der Waals surface area contributed by atoms with Gasteiger partial charge < -0.3 is 5.73 Å². The number of nitrogens with two attached hydrogens (primary N) is 1. The Bertz CT molecular complexity index is 460. The van der Waals surface area contributed by atoms with Crippen LogP contribution in [0.15, 0.2) is 35.9 Å². The lowest BCUT2D eigenvalue weighted by Gasteiger charge is -2.19. The third-order valence-corrected chi connectivity index (χ3v) is 3.82. The quantitative estimate of drug-likeness (QED) is 0.761. The third-order valence-electron chi connectivity index (χ3n) is 3.82. The van der Waals surface area contributed by atoms with Crippen LogP contribution in [0.1, 0.15) is 55.7 Å². The lowest BCUT2D eigenvalue weighted by molar-refractivity contribution is -0.137. The van der Waals surface area contributed by atoms with Gasteiger partial charge in [-0.2, -0.15) is 13.2 Å². The molecule has 0 aliphatic heterocycles. The average molecular weight is 283 g/mol. The Balaban J connectivity index is 2.13. The van der Waals surface area contributed by atoms with Crippen LogP contribution in [-0.2, 0) is 6.18 Å². The van der Waals surface area contributed by atoms with Crippen LogP contribution in [-0.4, -0.2) is 0 Å². The van der Waals surface area contributed by atoms with Gasteiger partial charge in [0, 0.05) is 0 Å². The minimum absolute atomic E-state index is 0.282. The monoisotopic (exact) mass is 283 g/mol. The molecule has 1 aliphatic rings. The molecule has 1 aliphatic carbocycles. The molecule has 110 valence electrons. The van der Waals surface area contributed by atoms with Gasteiger partial charge in [0.2, 0.25) is 0 Å².